The van der Waals surface area contributed by atoms with Gasteiger partial charge in [-0.3, -0.25) is 9.88 Å². The van der Waals surface area contributed by atoms with Crippen molar-refractivity contribution < 1.29 is 0 Å². The number of nitrogens with zero attached hydrogens (tertiary/aromatic N) is 2. The Morgan fingerprint density at radius 1 is 1.32 bits per heavy atom. The third-order valence-electron chi connectivity index (χ3n) is 3.79. The van der Waals surface area contributed by atoms with Crippen LogP contribution in [0.5, 0.6) is 0 Å². The van der Waals surface area contributed by atoms with Crippen LogP contribution in [0.4, 0.5) is 0 Å². The molecule has 106 valence electrons. The Balaban J connectivity index is 1.94. The van der Waals surface area contributed by atoms with Crippen LogP contribution in [0.25, 0.3) is 0 Å². The van der Waals surface area contributed by atoms with Gasteiger partial charge in [-0.1, -0.05) is 26.8 Å². The van der Waals surface area contributed by atoms with E-state index in [1.54, 1.807) is 0 Å². The molecule has 0 saturated carbocycles. The predicted molar refractivity (Wildman–Crippen MR) is 79.9 cm³/mol. The number of likely N-dealkylation sites (tertiary alicyclic amines) is 1. The summed E-state index contributed by atoms with van der Waals surface area (Å²) >= 11 is 0. The van der Waals surface area contributed by atoms with Crippen LogP contribution in [0.15, 0.2) is 18.2 Å². The smallest absolute Gasteiger partial charge is 0.0547 e. The molecule has 0 aliphatic carbocycles. The van der Waals surface area contributed by atoms with Crippen molar-refractivity contribution in [2.75, 3.05) is 19.6 Å². The molecule has 1 N–H and O–H groups in total. The first-order chi connectivity index (χ1) is 9.09. The average Bonchev–Trinajstić information content (AvgIpc) is 2.35. The summed E-state index contributed by atoms with van der Waals surface area (Å²) < 4.78 is 0. The molecule has 3 nitrogen and oxygen atoms in total. The van der Waals surface area contributed by atoms with Crippen molar-refractivity contribution in [3.63, 3.8) is 0 Å². The summed E-state index contributed by atoms with van der Waals surface area (Å²) in [5.41, 5.74) is 2.81. The summed E-state index contributed by atoms with van der Waals surface area (Å²) in [6, 6.07) is 6.38. The second-order valence-corrected chi connectivity index (χ2v) is 6.38. The molecule has 0 bridgehead atoms. The van der Waals surface area contributed by atoms with Crippen LogP contribution in [-0.2, 0) is 13.1 Å². The molecule has 1 aliphatic heterocycles. The Hall–Kier alpha value is -0.930. The fourth-order valence-corrected chi connectivity index (χ4v) is 2.88. The first-order valence-corrected chi connectivity index (χ1v) is 7.47. The molecule has 1 fully saturated rings. The van der Waals surface area contributed by atoms with Crippen LogP contribution in [-0.4, -0.2) is 29.5 Å². The average molecular weight is 261 g/mol. The van der Waals surface area contributed by atoms with Crippen LogP contribution in [0.3, 0.4) is 0 Å². The number of rotatable bonds is 5. The van der Waals surface area contributed by atoms with E-state index in [2.05, 4.69) is 49.2 Å². The van der Waals surface area contributed by atoms with Crippen molar-refractivity contribution in [2.45, 2.75) is 46.7 Å². The fourth-order valence-electron chi connectivity index (χ4n) is 2.88. The van der Waals surface area contributed by atoms with Gasteiger partial charge >= 0.3 is 0 Å². The molecule has 2 rings (SSSR count). The van der Waals surface area contributed by atoms with Gasteiger partial charge in [-0.25, -0.2) is 0 Å². The second kappa shape index (κ2) is 6.49. The van der Waals surface area contributed by atoms with Crippen molar-refractivity contribution in [3.8, 4) is 0 Å². The maximum Gasteiger partial charge on any atom is 0.0547 e. The Morgan fingerprint density at radius 3 is 2.84 bits per heavy atom. The Kier molecular flexibility index (Phi) is 4.94. The third-order valence-corrected chi connectivity index (χ3v) is 3.79. The first kappa shape index (κ1) is 14.5. The van der Waals surface area contributed by atoms with Crippen molar-refractivity contribution in [1.29, 1.82) is 0 Å². The molecule has 1 saturated heterocycles. The van der Waals surface area contributed by atoms with Gasteiger partial charge in [0, 0.05) is 19.6 Å². The summed E-state index contributed by atoms with van der Waals surface area (Å²) in [5, 5.41) is 3.33. The number of hydrogen-bond acceptors (Lipinski definition) is 3. The zero-order valence-corrected chi connectivity index (χ0v) is 12.6. The van der Waals surface area contributed by atoms with E-state index in [-0.39, 0.29) is 0 Å². The molecular formula is C16H27N3. The van der Waals surface area contributed by atoms with E-state index in [9.17, 15) is 0 Å². The maximum atomic E-state index is 4.75. The minimum atomic E-state index is 0.458. The monoisotopic (exact) mass is 261 g/mol. The van der Waals surface area contributed by atoms with Crippen molar-refractivity contribution in [2.24, 2.45) is 5.41 Å². The maximum absolute atomic E-state index is 4.75. The first-order valence-electron chi connectivity index (χ1n) is 7.47. The highest BCUT2D eigenvalue weighted by molar-refractivity contribution is 5.11. The van der Waals surface area contributed by atoms with E-state index in [1.807, 2.05) is 0 Å². The molecule has 2 heterocycles. The van der Waals surface area contributed by atoms with Gasteiger partial charge in [-0.05, 0) is 43.5 Å². The van der Waals surface area contributed by atoms with Gasteiger partial charge in [-0.15, -0.1) is 0 Å². The lowest BCUT2D eigenvalue weighted by atomic mass is 9.84. The highest BCUT2D eigenvalue weighted by Crippen LogP contribution is 2.28. The summed E-state index contributed by atoms with van der Waals surface area (Å²) in [4.78, 5) is 7.29. The fraction of sp³-hybridized carbons (Fsp3) is 0.688. The van der Waals surface area contributed by atoms with Gasteiger partial charge in [0.05, 0.1) is 11.4 Å². The number of nitrogens with one attached hydrogen (secondary N) is 1. The third kappa shape index (κ3) is 4.59. The Labute approximate surface area is 117 Å². The lowest BCUT2D eigenvalue weighted by Crippen LogP contribution is -2.39. The van der Waals surface area contributed by atoms with Gasteiger partial charge in [0.2, 0.25) is 0 Å². The topological polar surface area (TPSA) is 28.2 Å². The molecule has 0 aromatic carbocycles. The minimum Gasteiger partial charge on any atom is -0.311 e. The number of aromatic nitrogens is 1. The van der Waals surface area contributed by atoms with E-state index in [0.29, 0.717) is 5.41 Å². The minimum absolute atomic E-state index is 0.458. The number of hydrogen-bond donors (Lipinski definition) is 1. The summed E-state index contributed by atoms with van der Waals surface area (Å²) in [6.45, 7) is 12.1. The molecule has 0 amide bonds. The molecular weight excluding hydrogens is 234 g/mol. The summed E-state index contributed by atoms with van der Waals surface area (Å²) in [5.74, 6) is 0. The van der Waals surface area contributed by atoms with Gasteiger partial charge in [0.15, 0.2) is 0 Å². The molecule has 1 aromatic heterocycles. The van der Waals surface area contributed by atoms with Crippen LogP contribution in [0.2, 0.25) is 0 Å². The lowest BCUT2D eigenvalue weighted by molar-refractivity contribution is 0.110. The van der Waals surface area contributed by atoms with E-state index < -0.39 is 0 Å². The summed E-state index contributed by atoms with van der Waals surface area (Å²) in [7, 11) is 0. The van der Waals surface area contributed by atoms with Crippen LogP contribution in [0.1, 0.15) is 45.0 Å². The quantitative estimate of drug-likeness (QED) is 0.883. The van der Waals surface area contributed by atoms with Gasteiger partial charge < -0.3 is 5.32 Å². The van der Waals surface area contributed by atoms with Crippen LogP contribution in [0, 0.1) is 5.41 Å². The summed E-state index contributed by atoms with van der Waals surface area (Å²) in [6.07, 6.45) is 2.65. The van der Waals surface area contributed by atoms with E-state index in [1.165, 1.54) is 31.6 Å². The standard InChI is InChI=1S/C16H27N3/c1-4-17-11-14-7-5-8-15(18-14)12-19-10-6-9-16(2,3)13-19/h5,7-8,17H,4,6,9-13H2,1-3H3. The Morgan fingerprint density at radius 2 is 2.11 bits per heavy atom. The largest absolute Gasteiger partial charge is 0.311 e. The highest BCUT2D eigenvalue weighted by atomic mass is 15.1. The Bertz CT molecular complexity index is 401. The van der Waals surface area contributed by atoms with Crippen molar-refractivity contribution >= 4 is 0 Å². The van der Waals surface area contributed by atoms with E-state index >= 15 is 0 Å². The molecule has 0 atom stereocenters. The molecule has 3 heteroatoms. The second-order valence-electron chi connectivity index (χ2n) is 6.38. The molecule has 0 radical (unpaired) electrons. The molecule has 1 aliphatic rings. The lowest BCUT2D eigenvalue weighted by Gasteiger charge is -2.37. The number of piperidine rings is 1. The van der Waals surface area contributed by atoms with Crippen LogP contribution < -0.4 is 5.32 Å². The predicted octanol–water partition coefficient (Wildman–Crippen LogP) is 2.81. The normalized spacial score (nSPS) is 19.5. The van der Waals surface area contributed by atoms with Gasteiger partial charge in [-0.2, -0.15) is 0 Å². The highest BCUT2D eigenvalue weighted by Gasteiger charge is 2.26. The molecule has 0 unspecified atom stereocenters. The number of pyridine rings is 1. The van der Waals surface area contributed by atoms with Crippen molar-refractivity contribution in [1.82, 2.24) is 15.2 Å². The van der Waals surface area contributed by atoms with Crippen molar-refractivity contribution in [3.05, 3.63) is 29.6 Å². The molecule has 0 spiro atoms. The zero-order chi connectivity index (χ0) is 13.7. The van der Waals surface area contributed by atoms with E-state index in [0.717, 1.165) is 25.3 Å². The SMILES string of the molecule is CCNCc1cccc(CN2CCCC(C)(C)C2)n1. The zero-order valence-electron chi connectivity index (χ0n) is 12.6. The van der Waals surface area contributed by atoms with Gasteiger partial charge in [0.25, 0.3) is 0 Å². The van der Waals surface area contributed by atoms with E-state index in [4.69, 9.17) is 4.98 Å². The van der Waals surface area contributed by atoms with Gasteiger partial charge in [0.1, 0.15) is 0 Å². The van der Waals surface area contributed by atoms with Crippen LogP contribution >= 0.6 is 0 Å². The molecule has 1 aromatic rings. The molecule has 19 heavy (non-hydrogen) atoms.